The molecule has 2 heterocycles. The Morgan fingerprint density at radius 3 is 2.37 bits per heavy atom. The molecule has 1 unspecified atom stereocenters. The molecule has 1 atom stereocenters. The lowest BCUT2D eigenvalue weighted by Gasteiger charge is -2.33. The lowest BCUT2D eigenvalue weighted by molar-refractivity contribution is 0.235. The summed E-state index contributed by atoms with van der Waals surface area (Å²) in [5.41, 5.74) is 5.77. The highest BCUT2D eigenvalue weighted by molar-refractivity contribution is 5.66. The molecule has 178 valence electrons. The lowest BCUT2D eigenvalue weighted by atomic mass is 9.96. The van der Waals surface area contributed by atoms with Crippen molar-refractivity contribution in [3.05, 3.63) is 113 Å². The molecule has 1 aliphatic rings. The number of hydrogen-bond acceptors (Lipinski definition) is 5. The van der Waals surface area contributed by atoms with Gasteiger partial charge in [0, 0.05) is 13.1 Å². The van der Waals surface area contributed by atoms with E-state index in [1.807, 2.05) is 41.1 Å². The summed E-state index contributed by atoms with van der Waals surface area (Å²) in [7, 11) is 1.66. The molecule has 35 heavy (non-hydrogen) atoms. The van der Waals surface area contributed by atoms with Crippen LogP contribution in [0.3, 0.4) is 0 Å². The second-order valence-corrected chi connectivity index (χ2v) is 8.84. The van der Waals surface area contributed by atoms with Crippen LogP contribution in [0.2, 0.25) is 0 Å². The molecule has 4 aromatic rings. The van der Waals surface area contributed by atoms with E-state index in [1.165, 1.54) is 23.3 Å². The van der Waals surface area contributed by atoms with Gasteiger partial charge in [0.15, 0.2) is 5.82 Å². The number of rotatable bonds is 7. The number of aryl methyl sites for hydroxylation is 1. The largest absolute Gasteiger partial charge is 0.497 e. The van der Waals surface area contributed by atoms with Crippen LogP contribution in [0.4, 0.5) is 4.39 Å². The van der Waals surface area contributed by atoms with E-state index < -0.39 is 0 Å². The van der Waals surface area contributed by atoms with Crippen LogP contribution in [0.5, 0.6) is 5.75 Å². The standard InChI is InChI=1S/C28H28FN5O/c1-20-3-7-24(8-4-20)27(33-17-15-23(16-18-33)22-9-11-25(29)12-10-22)28-30-31-32-34(28)19-21-5-13-26(35-2)14-6-21/h3-15,27H,16-19H2,1-2H3. The average Bonchev–Trinajstić information content (AvgIpc) is 3.34. The van der Waals surface area contributed by atoms with Crippen LogP contribution in [-0.2, 0) is 6.54 Å². The summed E-state index contributed by atoms with van der Waals surface area (Å²) < 4.78 is 20.5. The number of halogens is 1. The van der Waals surface area contributed by atoms with Crippen LogP contribution >= 0.6 is 0 Å². The van der Waals surface area contributed by atoms with Gasteiger partial charge in [-0.25, -0.2) is 9.07 Å². The molecular weight excluding hydrogens is 441 g/mol. The third-order valence-corrected chi connectivity index (χ3v) is 6.51. The highest BCUT2D eigenvalue weighted by Crippen LogP contribution is 2.32. The van der Waals surface area contributed by atoms with Crippen molar-refractivity contribution >= 4 is 5.57 Å². The van der Waals surface area contributed by atoms with E-state index in [9.17, 15) is 4.39 Å². The first kappa shape index (κ1) is 22.9. The summed E-state index contributed by atoms with van der Waals surface area (Å²) in [5.74, 6) is 1.42. The van der Waals surface area contributed by atoms with Gasteiger partial charge in [0.1, 0.15) is 11.6 Å². The first-order valence-corrected chi connectivity index (χ1v) is 11.8. The highest BCUT2D eigenvalue weighted by Gasteiger charge is 2.29. The van der Waals surface area contributed by atoms with Gasteiger partial charge in [-0.2, -0.15) is 0 Å². The van der Waals surface area contributed by atoms with Crippen molar-refractivity contribution in [1.29, 1.82) is 0 Å². The maximum Gasteiger partial charge on any atom is 0.173 e. The van der Waals surface area contributed by atoms with Gasteiger partial charge in [-0.05, 0) is 70.3 Å². The van der Waals surface area contributed by atoms with Crippen LogP contribution in [-0.4, -0.2) is 45.3 Å². The van der Waals surface area contributed by atoms with Crippen LogP contribution in [0.15, 0.2) is 78.9 Å². The Bertz CT molecular complexity index is 1300. The molecule has 0 aliphatic carbocycles. The minimum Gasteiger partial charge on any atom is -0.497 e. The molecule has 0 spiro atoms. The number of methoxy groups -OCH3 is 1. The normalized spacial score (nSPS) is 15.0. The molecule has 0 saturated carbocycles. The molecule has 0 N–H and O–H groups in total. The zero-order valence-corrected chi connectivity index (χ0v) is 19.9. The molecular formula is C28H28FN5O. The SMILES string of the molecule is COc1ccc(Cn2nnnc2C(c2ccc(C)cc2)N2CC=C(c3ccc(F)cc3)CC2)cc1. The summed E-state index contributed by atoms with van der Waals surface area (Å²) in [6, 6.07) is 23.2. The molecule has 0 bridgehead atoms. The zero-order valence-electron chi connectivity index (χ0n) is 19.9. The van der Waals surface area contributed by atoms with Gasteiger partial charge in [-0.3, -0.25) is 4.90 Å². The fraction of sp³-hybridized carbons (Fsp3) is 0.250. The molecule has 1 aromatic heterocycles. The molecule has 0 amide bonds. The Labute approximate surface area is 204 Å². The van der Waals surface area contributed by atoms with Crippen LogP contribution < -0.4 is 4.74 Å². The third-order valence-electron chi connectivity index (χ3n) is 6.51. The summed E-state index contributed by atoms with van der Waals surface area (Å²) >= 11 is 0. The van der Waals surface area contributed by atoms with Gasteiger partial charge < -0.3 is 4.74 Å². The van der Waals surface area contributed by atoms with Gasteiger partial charge in [0.05, 0.1) is 19.7 Å². The molecule has 0 fully saturated rings. The van der Waals surface area contributed by atoms with Crippen molar-refractivity contribution < 1.29 is 9.13 Å². The fourth-order valence-electron chi connectivity index (χ4n) is 4.54. The molecule has 0 radical (unpaired) electrons. The van der Waals surface area contributed by atoms with Crippen molar-refractivity contribution in [3.8, 4) is 5.75 Å². The summed E-state index contributed by atoms with van der Waals surface area (Å²) in [6.45, 7) is 4.25. The van der Waals surface area contributed by atoms with Gasteiger partial charge in [0.2, 0.25) is 0 Å². The van der Waals surface area contributed by atoms with Crippen molar-refractivity contribution in [2.24, 2.45) is 0 Å². The molecule has 3 aromatic carbocycles. The first-order valence-electron chi connectivity index (χ1n) is 11.8. The smallest absolute Gasteiger partial charge is 0.173 e. The van der Waals surface area contributed by atoms with Crippen LogP contribution in [0.25, 0.3) is 5.57 Å². The Morgan fingerprint density at radius 2 is 1.71 bits per heavy atom. The minimum absolute atomic E-state index is 0.0881. The Balaban J connectivity index is 1.45. The van der Waals surface area contributed by atoms with E-state index >= 15 is 0 Å². The number of tetrazole rings is 1. The maximum absolute atomic E-state index is 13.4. The fourth-order valence-corrected chi connectivity index (χ4v) is 4.54. The van der Waals surface area contributed by atoms with Crippen LogP contribution in [0, 0.1) is 12.7 Å². The Hall–Kier alpha value is -3.84. The van der Waals surface area contributed by atoms with Crippen LogP contribution in [0.1, 0.15) is 40.5 Å². The molecule has 1 aliphatic heterocycles. The predicted octanol–water partition coefficient (Wildman–Crippen LogP) is 5.06. The van der Waals surface area contributed by atoms with Crippen molar-refractivity contribution in [1.82, 2.24) is 25.1 Å². The van der Waals surface area contributed by atoms with Gasteiger partial charge in [-0.15, -0.1) is 5.10 Å². The van der Waals surface area contributed by atoms with Gasteiger partial charge in [0.25, 0.3) is 0 Å². The second kappa shape index (κ2) is 10.2. The molecule has 6 nitrogen and oxygen atoms in total. The summed E-state index contributed by atoms with van der Waals surface area (Å²) in [6.07, 6.45) is 3.10. The predicted molar refractivity (Wildman–Crippen MR) is 134 cm³/mol. The van der Waals surface area contributed by atoms with Crippen molar-refractivity contribution in [2.75, 3.05) is 20.2 Å². The third kappa shape index (κ3) is 5.15. The van der Waals surface area contributed by atoms with E-state index in [4.69, 9.17) is 4.74 Å². The van der Waals surface area contributed by atoms with Gasteiger partial charge in [-0.1, -0.05) is 60.2 Å². The Morgan fingerprint density at radius 1 is 0.971 bits per heavy atom. The molecule has 7 heteroatoms. The number of ether oxygens (including phenoxy) is 1. The van der Waals surface area contributed by atoms with E-state index in [0.29, 0.717) is 6.54 Å². The number of hydrogen-bond donors (Lipinski definition) is 0. The van der Waals surface area contributed by atoms with E-state index in [2.05, 4.69) is 57.7 Å². The number of aromatic nitrogens is 4. The van der Waals surface area contributed by atoms with E-state index in [0.717, 1.165) is 47.8 Å². The average molecular weight is 470 g/mol. The lowest BCUT2D eigenvalue weighted by Crippen LogP contribution is -2.35. The van der Waals surface area contributed by atoms with E-state index in [-0.39, 0.29) is 11.9 Å². The van der Waals surface area contributed by atoms with E-state index in [1.54, 1.807) is 7.11 Å². The molecule has 0 saturated heterocycles. The quantitative estimate of drug-likeness (QED) is 0.379. The van der Waals surface area contributed by atoms with Crippen molar-refractivity contribution in [3.63, 3.8) is 0 Å². The summed E-state index contributed by atoms with van der Waals surface area (Å²) in [4.78, 5) is 2.40. The number of benzene rings is 3. The first-order chi connectivity index (χ1) is 17.1. The number of nitrogens with zero attached hydrogens (tertiary/aromatic N) is 5. The topological polar surface area (TPSA) is 56.1 Å². The monoisotopic (exact) mass is 469 g/mol. The van der Waals surface area contributed by atoms with Gasteiger partial charge >= 0.3 is 0 Å². The Kier molecular flexibility index (Phi) is 6.68. The zero-order chi connectivity index (χ0) is 24.2. The van der Waals surface area contributed by atoms with Crippen molar-refractivity contribution in [2.45, 2.75) is 25.9 Å². The summed E-state index contributed by atoms with van der Waals surface area (Å²) in [5, 5.41) is 12.9. The minimum atomic E-state index is -0.213. The molecule has 5 rings (SSSR count). The maximum atomic E-state index is 13.4. The highest BCUT2D eigenvalue weighted by atomic mass is 19.1. The second-order valence-electron chi connectivity index (χ2n) is 8.84.